The van der Waals surface area contributed by atoms with Gasteiger partial charge in [-0.15, -0.1) is 0 Å². The van der Waals surface area contributed by atoms with Gasteiger partial charge in [0.05, 0.1) is 13.2 Å². The lowest BCUT2D eigenvalue weighted by Gasteiger charge is -2.38. The molecule has 7 nitrogen and oxygen atoms in total. The van der Waals surface area contributed by atoms with Crippen molar-refractivity contribution in [1.82, 2.24) is 15.2 Å². The Morgan fingerprint density at radius 3 is 2.65 bits per heavy atom. The summed E-state index contributed by atoms with van der Waals surface area (Å²) in [5, 5.41) is 2.54. The van der Waals surface area contributed by atoms with Gasteiger partial charge in [0.25, 0.3) is 17.4 Å². The van der Waals surface area contributed by atoms with E-state index < -0.39 is 11.2 Å². The van der Waals surface area contributed by atoms with Gasteiger partial charge in [0.15, 0.2) is 5.60 Å². The number of pyridine rings is 1. The van der Waals surface area contributed by atoms with Crippen LogP contribution in [0.2, 0.25) is 0 Å². The first-order valence-corrected chi connectivity index (χ1v) is 7.67. The van der Waals surface area contributed by atoms with Gasteiger partial charge in [-0.1, -0.05) is 13.8 Å². The molecule has 1 aliphatic heterocycles. The van der Waals surface area contributed by atoms with E-state index in [1.165, 1.54) is 11.9 Å². The second-order valence-corrected chi connectivity index (χ2v) is 6.20. The Morgan fingerprint density at radius 2 is 2.09 bits per heavy atom. The lowest BCUT2D eigenvalue weighted by molar-refractivity contribution is -0.153. The molecule has 2 rings (SSSR count). The summed E-state index contributed by atoms with van der Waals surface area (Å²) in [5.41, 5.74) is -0.651. The Bertz CT molecular complexity index is 668. The molecule has 1 aromatic rings. The highest BCUT2D eigenvalue weighted by molar-refractivity contribution is 5.95. The largest absolute Gasteiger partial charge is 0.362 e. The van der Waals surface area contributed by atoms with Crippen molar-refractivity contribution >= 4 is 11.8 Å². The Kier molecular flexibility index (Phi) is 4.89. The minimum absolute atomic E-state index is 0.0792. The fourth-order valence-corrected chi connectivity index (χ4v) is 2.61. The third-order valence-electron chi connectivity index (χ3n) is 4.05. The summed E-state index contributed by atoms with van der Waals surface area (Å²) in [4.78, 5) is 40.9. The Labute approximate surface area is 135 Å². The molecule has 1 aliphatic rings. The number of H-pyrrole nitrogens is 1. The molecular formula is C16H23N3O4. The number of nitrogens with zero attached hydrogens (tertiary/aromatic N) is 1. The highest BCUT2D eigenvalue weighted by atomic mass is 16.5. The van der Waals surface area contributed by atoms with E-state index in [1.807, 2.05) is 13.8 Å². The van der Waals surface area contributed by atoms with E-state index in [-0.39, 0.29) is 36.4 Å². The monoisotopic (exact) mass is 321 g/mol. The van der Waals surface area contributed by atoms with Gasteiger partial charge in [0.2, 0.25) is 0 Å². The van der Waals surface area contributed by atoms with Gasteiger partial charge >= 0.3 is 0 Å². The Hall–Kier alpha value is -2.15. The van der Waals surface area contributed by atoms with Crippen LogP contribution in [0.4, 0.5) is 0 Å². The smallest absolute Gasteiger partial charge is 0.261 e. The molecule has 0 aromatic carbocycles. The molecule has 2 heterocycles. The van der Waals surface area contributed by atoms with Gasteiger partial charge in [-0.25, -0.2) is 0 Å². The van der Waals surface area contributed by atoms with Crippen LogP contribution >= 0.6 is 0 Å². The predicted molar refractivity (Wildman–Crippen MR) is 85.5 cm³/mol. The van der Waals surface area contributed by atoms with E-state index in [0.29, 0.717) is 6.54 Å². The zero-order valence-corrected chi connectivity index (χ0v) is 13.9. The van der Waals surface area contributed by atoms with Crippen molar-refractivity contribution in [3.8, 4) is 0 Å². The number of likely N-dealkylation sites (N-methyl/N-ethyl adjacent to an activating group) is 1. The van der Waals surface area contributed by atoms with E-state index in [1.54, 1.807) is 19.1 Å². The number of rotatable bonds is 3. The summed E-state index contributed by atoms with van der Waals surface area (Å²) in [7, 11) is 1.52. The van der Waals surface area contributed by atoms with Crippen LogP contribution in [0.5, 0.6) is 0 Å². The number of aromatic nitrogens is 1. The van der Waals surface area contributed by atoms with Crippen molar-refractivity contribution in [3.63, 3.8) is 0 Å². The van der Waals surface area contributed by atoms with Crippen LogP contribution in [0, 0.1) is 0 Å². The molecule has 1 atom stereocenters. The van der Waals surface area contributed by atoms with E-state index in [0.717, 1.165) is 5.69 Å². The minimum atomic E-state index is -1.10. The molecule has 1 aromatic heterocycles. The van der Waals surface area contributed by atoms with Crippen LogP contribution in [-0.2, 0) is 9.53 Å². The van der Waals surface area contributed by atoms with E-state index in [2.05, 4.69) is 10.3 Å². The molecule has 23 heavy (non-hydrogen) atoms. The first-order valence-electron chi connectivity index (χ1n) is 7.67. The van der Waals surface area contributed by atoms with E-state index in [4.69, 9.17) is 4.74 Å². The van der Waals surface area contributed by atoms with Crippen LogP contribution in [0.3, 0.4) is 0 Å². The number of amides is 2. The number of hydrogen-bond acceptors (Lipinski definition) is 4. The lowest BCUT2D eigenvalue weighted by Crippen LogP contribution is -2.59. The molecule has 0 saturated carbocycles. The summed E-state index contributed by atoms with van der Waals surface area (Å²) < 4.78 is 5.52. The number of aromatic amines is 1. The summed E-state index contributed by atoms with van der Waals surface area (Å²) in [6, 6.07) is 3.29. The minimum Gasteiger partial charge on any atom is -0.362 e. The molecule has 1 saturated heterocycles. The van der Waals surface area contributed by atoms with Crippen LogP contribution in [0.1, 0.15) is 42.7 Å². The maximum absolute atomic E-state index is 12.6. The molecule has 7 heteroatoms. The van der Waals surface area contributed by atoms with Crippen molar-refractivity contribution < 1.29 is 14.3 Å². The number of nitrogens with one attached hydrogen (secondary N) is 2. The first kappa shape index (κ1) is 17.2. The van der Waals surface area contributed by atoms with E-state index >= 15 is 0 Å². The zero-order chi connectivity index (χ0) is 17.2. The summed E-state index contributed by atoms with van der Waals surface area (Å²) in [6.45, 7) is 6.26. The number of carbonyl (C=O) groups excluding carboxylic acids is 2. The lowest BCUT2D eigenvalue weighted by atomic mass is 10.0. The zero-order valence-electron chi connectivity index (χ0n) is 13.9. The second kappa shape index (κ2) is 6.54. The first-order chi connectivity index (χ1) is 10.8. The highest BCUT2D eigenvalue weighted by Gasteiger charge is 2.40. The normalized spacial score (nSPS) is 21.3. The van der Waals surface area contributed by atoms with Crippen LogP contribution in [0.15, 0.2) is 16.9 Å². The van der Waals surface area contributed by atoms with Crippen molar-refractivity contribution in [2.24, 2.45) is 0 Å². The summed E-state index contributed by atoms with van der Waals surface area (Å²) >= 11 is 0. The number of carbonyl (C=O) groups is 2. The Balaban J connectivity index is 2.23. The maximum Gasteiger partial charge on any atom is 0.261 e. The highest BCUT2D eigenvalue weighted by Crippen LogP contribution is 2.19. The van der Waals surface area contributed by atoms with Gasteiger partial charge in [0.1, 0.15) is 5.56 Å². The second-order valence-electron chi connectivity index (χ2n) is 6.20. The average molecular weight is 321 g/mol. The fraction of sp³-hybridized carbons (Fsp3) is 0.562. The molecule has 0 radical (unpaired) electrons. The number of hydrogen-bond donors (Lipinski definition) is 2. The van der Waals surface area contributed by atoms with Gasteiger partial charge < -0.3 is 19.9 Å². The average Bonchev–Trinajstić information content (AvgIpc) is 2.53. The SMILES string of the molecule is CNC(=O)C1(C)CN(C(=O)c2ccc(C(C)C)[nH]c2=O)CCO1. The molecule has 0 spiro atoms. The van der Waals surface area contributed by atoms with E-state index in [9.17, 15) is 14.4 Å². The third-order valence-corrected chi connectivity index (χ3v) is 4.05. The summed E-state index contributed by atoms with van der Waals surface area (Å²) in [6.07, 6.45) is 0. The van der Waals surface area contributed by atoms with Gasteiger partial charge in [-0.3, -0.25) is 14.4 Å². The van der Waals surface area contributed by atoms with Crippen LogP contribution in [-0.4, -0.2) is 54.0 Å². The van der Waals surface area contributed by atoms with Gasteiger partial charge in [-0.2, -0.15) is 0 Å². The van der Waals surface area contributed by atoms with Crippen LogP contribution < -0.4 is 10.9 Å². The fourth-order valence-electron chi connectivity index (χ4n) is 2.61. The summed E-state index contributed by atoms with van der Waals surface area (Å²) in [5.74, 6) is -0.508. The Morgan fingerprint density at radius 1 is 1.39 bits per heavy atom. The molecule has 1 unspecified atom stereocenters. The van der Waals surface area contributed by atoms with Crippen molar-refractivity contribution in [2.75, 3.05) is 26.7 Å². The third kappa shape index (κ3) is 3.44. The molecule has 126 valence electrons. The quantitative estimate of drug-likeness (QED) is 0.847. The molecule has 0 bridgehead atoms. The van der Waals surface area contributed by atoms with Crippen LogP contribution in [0.25, 0.3) is 0 Å². The molecule has 1 fully saturated rings. The molecule has 0 aliphatic carbocycles. The molecule has 2 amide bonds. The number of ether oxygens (including phenoxy) is 1. The standard InChI is InChI=1S/C16H23N3O4/c1-10(2)12-6-5-11(13(20)18-12)14(21)19-7-8-23-16(3,9-19)15(22)17-4/h5-6,10H,7-9H2,1-4H3,(H,17,22)(H,18,20). The van der Waals surface area contributed by atoms with Crippen molar-refractivity contribution in [3.05, 3.63) is 33.7 Å². The van der Waals surface area contributed by atoms with Gasteiger partial charge in [-0.05, 0) is 25.0 Å². The van der Waals surface area contributed by atoms with Crippen molar-refractivity contribution in [1.29, 1.82) is 0 Å². The number of morpholine rings is 1. The topological polar surface area (TPSA) is 91.5 Å². The van der Waals surface area contributed by atoms with Crippen molar-refractivity contribution in [2.45, 2.75) is 32.3 Å². The maximum atomic E-state index is 12.6. The molecular weight excluding hydrogens is 298 g/mol. The predicted octanol–water partition coefficient (Wildman–Crippen LogP) is 0.475. The van der Waals surface area contributed by atoms with Gasteiger partial charge in [0, 0.05) is 19.3 Å². The molecule has 2 N–H and O–H groups in total.